The van der Waals surface area contributed by atoms with Crippen LogP contribution < -0.4 is 10.1 Å². The summed E-state index contributed by atoms with van der Waals surface area (Å²) in [5, 5.41) is 13.3. The van der Waals surface area contributed by atoms with Crippen molar-refractivity contribution in [3.8, 4) is 5.75 Å². The number of aryl methyl sites for hydroxylation is 3. The van der Waals surface area contributed by atoms with Crippen molar-refractivity contribution in [2.75, 3.05) is 19.0 Å². The molecule has 2 aromatic carbocycles. The van der Waals surface area contributed by atoms with E-state index in [0.29, 0.717) is 5.56 Å². The molecule has 0 spiro atoms. The van der Waals surface area contributed by atoms with Crippen molar-refractivity contribution in [1.82, 2.24) is 0 Å². The number of esters is 1. The molecule has 142 valence electrons. The normalized spacial score (nSPS) is 10.2. The quantitative estimate of drug-likeness (QED) is 0.473. The summed E-state index contributed by atoms with van der Waals surface area (Å²) in [6, 6.07) is 7.52. The van der Waals surface area contributed by atoms with Gasteiger partial charge in [-0.05, 0) is 38.0 Å². The zero-order valence-electron chi connectivity index (χ0n) is 15.5. The Balaban J connectivity index is 2.05. The molecule has 0 saturated carbocycles. The number of hydrogen-bond donors (Lipinski definition) is 1. The molecule has 0 bridgehead atoms. The molecule has 2 rings (SSSR count). The molecule has 0 atom stereocenters. The van der Waals surface area contributed by atoms with Gasteiger partial charge in [0.2, 0.25) is 0 Å². The Morgan fingerprint density at radius 3 is 2.30 bits per heavy atom. The minimum Gasteiger partial charge on any atom is -0.494 e. The minimum absolute atomic E-state index is 0.133. The minimum atomic E-state index is -0.587. The van der Waals surface area contributed by atoms with Crippen LogP contribution in [0.5, 0.6) is 5.75 Å². The Bertz CT molecular complexity index is 884. The summed E-state index contributed by atoms with van der Waals surface area (Å²) < 4.78 is 10.1. The number of non-ortho nitro benzene ring substituents is 1. The average molecular weight is 372 g/mol. The number of carbonyl (C=O) groups is 2. The molecule has 1 amide bonds. The van der Waals surface area contributed by atoms with Gasteiger partial charge >= 0.3 is 5.97 Å². The molecule has 0 fully saturated rings. The lowest BCUT2D eigenvalue weighted by atomic mass is 10.00. The fraction of sp³-hybridized carbons (Fsp3) is 0.263. The fourth-order valence-electron chi connectivity index (χ4n) is 2.79. The number of benzene rings is 2. The summed E-state index contributed by atoms with van der Waals surface area (Å²) in [5.74, 6) is -1.04. The molecule has 1 N–H and O–H groups in total. The topological polar surface area (TPSA) is 108 Å². The summed E-state index contributed by atoms with van der Waals surface area (Å²) in [6.07, 6.45) is 0. The van der Waals surface area contributed by atoms with E-state index in [-0.39, 0.29) is 17.1 Å². The summed E-state index contributed by atoms with van der Waals surface area (Å²) in [4.78, 5) is 34.6. The van der Waals surface area contributed by atoms with E-state index in [0.717, 1.165) is 16.7 Å². The van der Waals surface area contributed by atoms with Gasteiger partial charge in [-0.15, -0.1) is 0 Å². The Hall–Kier alpha value is -3.42. The lowest BCUT2D eigenvalue weighted by molar-refractivity contribution is -0.384. The SMILES string of the molecule is COc1cc([N+](=O)[O-])ccc1NC(=O)COC(=O)c1c(C)cc(C)cc1C. The third-order valence-electron chi connectivity index (χ3n) is 3.89. The molecule has 8 heteroatoms. The molecule has 0 saturated heterocycles. The Morgan fingerprint density at radius 2 is 1.74 bits per heavy atom. The third-order valence-corrected chi connectivity index (χ3v) is 3.89. The van der Waals surface area contributed by atoms with Crippen LogP contribution in [0, 0.1) is 30.9 Å². The smallest absolute Gasteiger partial charge is 0.339 e. The first-order valence-electron chi connectivity index (χ1n) is 8.10. The van der Waals surface area contributed by atoms with Crippen LogP contribution in [-0.2, 0) is 9.53 Å². The average Bonchev–Trinajstić information content (AvgIpc) is 2.59. The molecule has 0 unspecified atom stereocenters. The third kappa shape index (κ3) is 4.81. The first kappa shape index (κ1) is 19.9. The molecule has 27 heavy (non-hydrogen) atoms. The lowest BCUT2D eigenvalue weighted by Gasteiger charge is -2.12. The molecule has 0 heterocycles. The predicted octanol–water partition coefficient (Wildman–Crippen LogP) is 3.32. The maximum absolute atomic E-state index is 12.3. The summed E-state index contributed by atoms with van der Waals surface area (Å²) in [6.45, 7) is 5.04. The van der Waals surface area contributed by atoms with Gasteiger partial charge in [-0.3, -0.25) is 14.9 Å². The van der Waals surface area contributed by atoms with Crippen LogP contribution in [0.3, 0.4) is 0 Å². The van der Waals surface area contributed by atoms with Crippen molar-refractivity contribution in [2.45, 2.75) is 20.8 Å². The van der Waals surface area contributed by atoms with Gasteiger partial charge in [-0.1, -0.05) is 17.7 Å². The molecular weight excluding hydrogens is 352 g/mol. The summed E-state index contributed by atoms with van der Waals surface area (Å²) in [5.41, 5.74) is 3.09. The van der Waals surface area contributed by atoms with Gasteiger partial charge in [-0.2, -0.15) is 0 Å². The van der Waals surface area contributed by atoms with Crippen LogP contribution in [0.4, 0.5) is 11.4 Å². The highest BCUT2D eigenvalue weighted by Gasteiger charge is 2.17. The molecule has 0 radical (unpaired) electrons. The van der Waals surface area contributed by atoms with Gasteiger partial charge in [0.1, 0.15) is 5.75 Å². The number of methoxy groups -OCH3 is 1. The maximum atomic E-state index is 12.3. The van der Waals surface area contributed by atoms with E-state index in [2.05, 4.69) is 5.32 Å². The first-order valence-corrected chi connectivity index (χ1v) is 8.10. The number of nitro benzene ring substituents is 1. The lowest BCUT2D eigenvalue weighted by Crippen LogP contribution is -2.22. The van der Waals surface area contributed by atoms with Crippen LogP contribution in [-0.4, -0.2) is 30.5 Å². The van der Waals surface area contributed by atoms with Crippen molar-refractivity contribution < 1.29 is 24.0 Å². The van der Waals surface area contributed by atoms with Crippen LogP contribution in [0.25, 0.3) is 0 Å². The fourth-order valence-corrected chi connectivity index (χ4v) is 2.79. The highest BCUT2D eigenvalue weighted by atomic mass is 16.6. The number of carbonyl (C=O) groups excluding carboxylic acids is 2. The molecule has 0 aliphatic heterocycles. The van der Waals surface area contributed by atoms with E-state index in [9.17, 15) is 19.7 Å². The second-order valence-corrected chi connectivity index (χ2v) is 6.04. The molecule has 8 nitrogen and oxygen atoms in total. The van der Waals surface area contributed by atoms with Crippen LogP contribution in [0.2, 0.25) is 0 Å². The number of nitrogens with one attached hydrogen (secondary N) is 1. The van der Waals surface area contributed by atoms with E-state index in [4.69, 9.17) is 9.47 Å². The molecule has 0 aliphatic carbocycles. The Kier molecular flexibility index (Phi) is 6.12. The second kappa shape index (κ2) is 8.31. The Morgan fingerprint density at radius 1 is 1.11 bits per heavy atom. The van der Waals surface area contributed by atoms with Gasteiger partial charge in [0.15, 0.2) is 6.61 Å². The van der Waals surface area contributed by atoms with Crippen LogP contribution in [0.1, 0.15) is 27.0 Å². The standard InChI is InChI=1S/C19H20N2O6/c1-11-7-12(2)18(13(3)8-11)19(23)27-10-17(22)20-15-6-5-14(21(24)25)9-16(15)26-4/h5-9H,10H2,1-4H3,(H,20,22). The van der Waals surface area contributed by atoms with Crippen molar-refractivity contribution in [2.24, 2.45) is 0 Å². The number of ether oxygens (including phenoxy) is 2. The van der Waals surface area contributed by atoms with Crippen LogP contribution in [0.15, 0.2) is 30.3 Å². The van der Waals surface area contributed by atoms with Crippen molar-refractivity contribution in [1.29, 1.82) is 0 Å². The number of nitro groups is 1. The number of anilines is 1. The summed E-state index contributed by atoms with van der Waals surface area (Å²) in [7, 11) is 1.33. The number of rotatable bonds is 6. The monoisotopic (exact) mass is 372 g/mol. The van der Waals surface area contributed by atoms with E-state index in [1.165, 1.54) is 25.3 Å². The molecule has 0 aromatic heterocycles. The zero-order chi connectivity index (χ0) is 20.1. The highest BCUT2D eigenvalue weighted by Crippen LogP contribution is 2.29. The largest absolute Gasteiger partial charge is 0.494 e. The van der Waals surface area contributed by atoms with Gasteiger partial charge in [0, 0.05) is 6.07 Å². The first-order chi connectivity index (χ1) is 12.7. The van der Waals surface area contributed by atoms with Crippen molar-refractivity contribution in [3.63, 3.8) is 0 Å². The van der Waals surface area contributed by atoms with E-state index in [1.54, 1.807) is 13.8 Å². The van der Waals surface area contributed by atoms with E-state index >= 15 is 0 Å². The van der Waals surface area contributed by atoms with Gasteiger partial charge in [-0.25, -0.2) is 4.79 Å². The van der Waals surface area contributed by atoms with Gasteiger partial charge in [0.25, 0.3) is 11.6 Å². The highest BCUT2D eigenvalue weighted by molar-refractivity contribution is 5.97. The number of nitrogens with zero attached hydrogens (tertiary/aromatic N) is 1. The molecular formula is C19H20N2O6. The van der Waals surface area contributed by atoms with Gasteiger partial charge < -0.3 is 14.8 Å². The van der Waals surface area contributed by atoms with Crippen molar-refractivity contribution >= 4 is 23.3 Å². The second-order valence-electron chi connectivity index (χ2n) is 6.04. The molecule has 0 aliphatic rings. The Labute approximate surface area is 156 Å². The van der Waals surface area contributed by atoms with Crippen molar-refractivity contribution in [3.05, 3.63) is 62.7 Å². The van der Waals surface area contributed by atoms with E-state index in [1.807, 2.05) is 19.1 Å². The van der Waals surface area contributed by atoms with E-state index < -0.39 is 23.4 Å². The maximum Gasteiger partial charge on any atom is 0.339 e. The number of hydrogen-bond acceptors (Lipinski definition) is 6. The molecule has 2 aromatic rings. The van der Waals surface area contributed by atoms with Gasteiger partial charge in [0.05, 0.1) is 29.4 Å². The summed E-state index contributed by atoms with van der Waals surface area (Å²) >= 11 is 0. The predicted molar refractivity (Wildman–Crippen MR) is 99.2 cm³/mol. The number of amides is 1. The van der Waals surface area contributed by atoms with Crippen LogP contribution >= 0.6 is 0 Å². The zero-order valence-corrected chi connectivity index (χ0v) is 15.5.